The molecule has 21 heavy (non-hydrogen) atoms. The molecule has 2 aliphatic carbocycles. The summed E-state index contributed by atoms with van der Waals surface area (Å²) in [5.41, 5.74) is 1.98. The summed E-state index contributed by atoms with van der Waals surface area (Å²) < 4.78 is 11.4. The highest BCUT2D eigenvalue weighted by atomic mass is 16.7. The van der Waals surface area contributed by atoms with Gasteiger partial charge in [0.25, 0.3) is 0 Å². The van der Waals surface area contributed by atoms with Crippen LogP contribution in [-0.4, -0.2) is 29.6 Å². The van der Waals surface area contributed by atoms with Gasteiger partial charge in [-0.25, -0.2) is 4.79 Å². The molecule has 3 aliphatic rings. The zero-order valence-corrected chi connectivity index (χ0v) is 13.2. The first-order valence-electron chi connectivity index (χ1n) is 7.83. The average Bonchev–Trinajstić information content (AvgIpc) is 2.66. The van der Waals surface area contributed by atoms with Crippen molar-refractivity contribution in [3.8, 4) is 0 Å². The molecule has 4 atom stereocenters. The van der Waals surface area contributed by atoms with E-state index in [1.807, 2.05) is 6.92 Å². The highest BCUT2D eigenvalue weighted by Crippen LogP contribution is 2.58. The van der Waals surface area contributed by atoms with Gasteiger partial charge in [-0.15, -0.1) is 0 Å². The summed E-state index contributed by atoms with van der Waals surface area (Å²) in [7, 11) is 0. The number of esters is 1. The number of fused-ring (bicyclic) bond motifs is 2. The second-order valence-corrected chi connectivity index (χ2v) is 6.68. The number of ether oxygens (including phenoxy) is 2. The number of aliphatic hydroxyl groups excluding tert-OH is 1. The van der Waals surface area contributed by atoms with Gasteiger partial charge in [0.05, 0.1) is 6.10 Å². The molecule has 0 radical (unpaired) electrons. The van der Waals surface area contributed by atoms with Crippen molar-refractivity contribution in [2.75, 3.05) is 6.61 Å². The van der Waals surface area contributed by atoms with Gasteiger partial charge in [0, 0.05) is 29.6 Å². The Balaban J connectivity index is 2.16. The maximum Gasteiger partial charge on any atom is 0.336 e. The maximum absolute atomic E-state index is 12.1. The molecule has 0 aromatic carbocycles. The minimum Gasteiger partial charge on any atom is -0.425 e. The minimum atomic E-state index is -1.09. The van der Waals surface area contributed by atoms with Crippen molar-refractivity contribution in [3.05, 3.63) is 22.8 Å². The summed E-state index contributed by atoms with van der Waals surface area (Å²) >= 11 is 0. The van der Waals surface area contributed by atoms with E-state index in [1.54, 1.807) is 6.92 Å². The van der Waals surface area contributed by atoms with Crippen LogP contribution in [0.3, 0.4) is 0 Å². The molecular weight excluding hydrogens is 268 g/mol. The fraction of sp³-hybridized carbons (Fsp3) is 0.706. The Kier molecular flexibility index (Phi) is 3.30. The largest absolute Gasteiger partial charge is 0.425 e. The van der Waals surface area contributed by atoms with E-state index in [0.717, 1.165) is 18.4 Å². The van der Waals surface area contributed by atoms with Gasteiger partial charge in [-0.3, -0.25) is 0 Å². The van der Waals surface area contributed by atoms with Crippen LogP contribution in [0.15, 0.2) is 22.8 Å². The van der Waals surface area contributed by atoms with Gasteiger partial charge in [0.2, 0.25) is 5.79 Å². The highest BCUT2D eigenvalue weighted by Gasteiger charge is 2.61. The summed E-state index contributed by atoms with van der Waals surface area (Å²) in [6, 6.07) is 0. The predicted molar refractivity (Wildman–Crippen MR) is 78.4 cm³/mol. The Morgan fingerprint density at radius 1 is 1.52 bits per heavy atom. The molecule has 1 fully saturated rings. The molecule has 0 unspecified atom stereocenters. The van der Waals surface area contributed by atoms with E-state index in [4.69, 9.17) is 9.47 Å². The van der Waals surface area contributed by atoms with E-state index >= 15 is 0 Å². The molecule has 4 nitrogen and oxygen atoms in total. The van der Waals surface area contributed by atoms with E-state index in [9.17, 15) is 9.90 Å². The first-order valence-corrected chi connectivity index (χ1v) is 7.83. The quantitative estimate of drug-likeness (QED) is 0.628. The van der Waals surface area contributed by atoms with Gasteiger partial charge in [-0.2, -0.15) is 0 Å². The first kappa shape index (κ1) is 14.8. The standard InChI is InChI=1S/C17H24O4/c1-5-20-17-9-12-8-6-7-10(2)16(12,4)14(18)13(17)11(3)15(19)21-17/h8,10,14,18H,5-7,9H2,1-4H3/t10-,14-,16+,17+/m0/s1. The lowest BCUT2D eigenvalue weighted by Gasteiger charge is -2.52. The third-order valence-corrected chi connectivity index (χ3v) is 5.73. The molecule has 1 heterocycles. The fourth-order valence-corrected chi connectivity index (χ4v) is 4.22. The van der Waals surface area contributed by atoms with Crippen molar-refractivity contribution in [1.82, 2.24) is 0 Å². The molecule has 0 aromatic heterocycles. The highest BCUT2D eigenvalue weighted by molar-refractivity contribution is 5.92. The molecule has 3 rings (SSSR count). The Morgan fingerprint density at radius 3 is 2.90 bits per heavy atom. The Bertz CT molecular complexity index is 547. The number of aliphatic hydroxyl groups is 1. The molecule has 0 bridgehead atoms. The maximum atomic E-state index is 12.1. The molecular formula is C17H24O4. The number of hydrogen-bond acceptors (Lipinski definition) is 4. The van der Waals surface area contributed by atoms with Gasteiger partial charge in [0.15, 0.2) is 0 Å². The predicted octanol–water partition coefficient (Wildman–Crippen LogP) is 2.72. The van der Waals surface area contributed by atoms with Gasteiger partial charge in [0.1, 0.15) is 0 Å². The van der Waals surface area contributed by atoms with Crippen molar-refractivity contribution >= 4 is 5.97 Å². The lowest BCUT2D eigenvalue weighted by molar-refractivity contribution is -0.215. The number of allylic oxidation sites excluding steroid dienone is 1. The Hall–Kier alpha value is -1.13. The molecule has 1 saturated carbocycles. The molecule has 1 N–H and O–H groups in total. The van der Waals surface area contributed by atoms with Gasteiger partial charge < -0.3 is 14.6 Å². The summed E-state index contributed by atoms with van der Waals surface area (Å²) in [6.07, 6.45) is 4.07. The lowest BCUT2D eigenvalue weighted by atomic mass is 9.56. The summed E-state index contributed by atoms with van der Waals surface area (Å²) in [4.78, 5) is 12.1. The van der Waals surface area contributed by atoms with Gasteiger partial charge in [-0.1, -0.05) is 25.5 Å². The molecule has 1 aliphatic heterocycles. The lowest BCUT2D eigenvalue weighted by Crippen LogP contribution is -2.55. The van der Waals surface area contributed by atoms with E-state index in [2.05, 4.69) is 19.9 Å². The van der Waals surface area contributed by atoms with Crippen LogP contribution in [0, 0.1) is 11.3 Å². The smallest absolute Gasteiger partial charge is 0.336 e. The molecule has 0 saturated heterocycles. The number of hydrogen-bond donors (Lipinski definition) is 1. The van der Waals surface area contributed by atoms with Crippen LogP contribution in [0.2, 0.25) is 0 Å². The van der Waals surface area contributed by atoms with Crippen LogP contribution in [0.5, 0.6) is 0 Å². The zero-order chi connectivity index (χ0) is 15.4. The van der Waals surface area contributed by atoms with Crippen molar-refractivity contribution in [3.63, 3.8) is 0 Å². The van der Waals surface area contributed by atoms with E-state index < -0.39 is 11.9 Å². The third-order valence-electron chi connectivity index (χ3n) is 5.73. The molecule has 0 spiro atoms. The summed E-state index contributed by atoms with van der Waals surface area (Å²) in [5, 5.41) is 11.1. The Labute approximate surface area is 125 Å². The van der Waals surface area contributed by atoms with Crippen molar-refractivity contribution in [2.45, 2.75) is 58.8 Å². The first-order chi connectivity index (χ1) is 9.86. The molecule has 4 heteroatoms. The van der Waals surface area contributed by atoms with Crippen LogP contribution < -0.4 is 0 Å². The third kappa shape index (κ3) is 1.78. The van der Waals surface area contributed by atoms with Crippen molar-refractivity contribution < 1.29 is 19.4 Å². The SMILES string of the molecule is CCO[C@@]12CC3=CCC[C@H](C)[C@@]3(C)[C@@H](O)C1=C(C)C(=O)O2. The zero-order valence-electron chi connectivity index (χ0n) is 13.2. The monoisotopic (exact) mass is 292 g/mol. The van der Waals surface area contributed by atoms with Crippen molar-refractivity contribution in [2.24, 2.45) is 11.3 Å². The summed E-state index contributed by atoms with van der Waals surface area (Å²) in [6.45, 7) is 8.33. The van der Waals surface area contributed by atoms with Crippen LogP contribution >= 0.6 is 0 Å². The average molecular weight is 292 g/mol. The van der Waals surface area contributed by atoms with E-state index in [-0.39, 0.29) is 11.4 Å². The molecule has 0 amide bonds. The molecule has 116 valence electrons. The van der Waals surface area contributed by atoms with Crippen LogP contribution in [0.25, 0.3) is 0 Å². The normalized spacial score (nSPS) is 42.3. The van der Waals surface area contributed by atoms with Gasteiger partial charge >= 0.3 is 5.97 Å². The fourth-order valence-electron chi connectivity index (χ4n) is 4.22. The second kappa shape index (κ2) is 4.68. The van der Waals surface area contributed by atoms with Crippen LogP contribution in [-0.2, 0) is 14.3 Å². The second-order valence-electron chi connectivity index (χ2n) is 6.68. The number of rotatable bonds is 2. The Morgan fingerprint density at radius 2 is 2.24 bits per heavy atom. The topological polar surface area (TPSA) is 55.8 Å². The van der Waals surface area contributed by atoms with E-state index in [0.29, 0.717) is 30.1 Å². The van der Waals surface area contributed by atoms with Crippen LogP contribution in [0.1, 0.15) is 47.0 Å². The minimum absolute atomic E-state index is 0.330. The number of carbonyl (C=O) groups excluding carboxylic acids is 1. The van der Waals surface area contributed by atoms with Gasteiger partial charge in [-0.05, 0) is 32.6 Å². The van der Waals surface area contributed by atoms with Crippen LogP contribution in [0.4, 0.5) is 0 Å². The number of carbonyl (C=O) groups is 1. The molecule has 0 aromatic rings. The summed E-state index contributed by atoms with van der Waals surface area (Å²) in [5.74, 6) is -1.09. The van der Waals surface area contributed by atoms with E-state index in [1.165, 1.54) is 0 Å². The van der Waals surface area contributed by atoms with Crippen molar-refractivity contribution in [1.29, 1.82) is 0 Å².